The predicted octanol–water partition coefficient (Wildman–Crippen LogP) is 2.74. The number of carbonyl (C=O) groups excluding carboxylic acids is 5. The van der Waals surface area contributed by atoms with Crippen LogP contribution in [0.5, 0.6) is 11.5 Å². The quantitative estimate of drug-likeness (QED) is 0.0385. The van der Waals surface area contributed by atoms with Crippen LogP contribution >= 0.6 is 0 Å². The summed E-state index contributed by atoms with van der Waals surface area (Å²) in [7, 11) is 1.40. The van der Waals surface area contributed by atoms with Crippen molar-refractivity contribution in [2.24, 2.45) is 5.92 Å². The molecular weight excluding hydrogens is 764 g/mol. The molecule has 316 valence electrons. The van der Waals surface area contributed by atoms with E-state index in [0.29, 0.717) is 36.8 Å². The number of nitrogens with one attached hydrogen (secondary N) is 3. The maximum atomic E-state index is 13.6. The number of aryl methyl sites for hydroxylation is 1. The van der Waals surface area contributed by atoms with E-state index in [2.05, 4.69) is 16.0 Å². The Morgan fingerprint density at radius 2 is 1.71 bits per heavy atom. The van der Waals surface area contributed by atoms with Crippen LogP contribution < -0.4 is 25.4 Å². The van der Waals surface area contributed by atoms with Crippen LogP contribution in [-0.2, 0) is 38.3 Å². The SMILES string of the molecule is CCCCC[C@@H](C(=O)NCNC(=O)C1CCC(c2ccc(C(=O)N[C@@H](CC(=O)O)C(=O)O)c(OCC(=O)O)c2)O1)[C@@H](CC)N(C=O)OC(=O)c1c(C)cccc1OC. The average Bonchev–Trinajstić information content (AvgIpc) is 3.69. The van der Waals surface area contributed by atoms with Crippen molar-refractivity contribution in [3.8, 4) is 11.5 Å². The van der Waals surface area contributed by atoms with Crippen molar-refractivity contribution in [1.82, 2.24) is 21.0 Å². The number of nitrogens with zero attached hydrogens (tertiary/aromatic N) is 1. The van der Waals surface area contributed by atoms with Gasteiger partial charge in [0.1, 0.15) is 29.2 Å². The highest BCUT2D eigenvalue weighted by Crippen LogP contribution is 2.35. The van der Waals surface area contributed by atoms with E-state index in [9.17, 15) is 43.5 Å². The van der Waals surface area contributed by atoms with Gasteiger partial charge in [-0.1, -0.05) is 51.3 Å². The van der Waals surface area contributed by atoms with Crippen molar-refractivity contribution in [3.63, 3.8) is 0 Å². The van der Waals surface area contributed by atoms with Gasteiger partial charge in [-0.2, -0.15) is 5.06 Å². The molecule has 1 fully saturated rings. The number of unbranched alkanes of at least 4 members (excludes halogenated alkanes) is 2. The summed E-state index contributed by atoms with van der Waals surface area (Å²) >= 11 is 0. The Morgan fingerprint density at radius 3 is 2.33 bits per heavy atom. The van der Waals surface area contributed by atoms with E-state index in [4.69, 9.17) is 29.3 Å². The van der Waals surface area contributed by atoms with Crippen LogP contribution in [0.3, 0.4) is 0 Å². The van der Waals surface area contributed by atoms with E-state index >= 15 is 0 Å². The van der Waals surface area contributed by atoms with Crippen LogP contribution in [0.25, 0.3) is 0 Å². The number of amides is 4. The van der Waals surface area contributed by atoms with Crippen LogP contribution in [0.1, 0.15) is 103 Å². The topological polar surface area (TPSA) is 274 Å². The third-order valence-electron chi connectivity index (χ3n) is 9.41. The minimum Gasteiger partial charge on any atom is -0.496 e. The molecule has 0 aliphatic carbocycles. The van der Waals surface area contributed by atoms with E-state index in [1.54, 1.807) is 32.0 Å². The van der Waals surface area contributed by atoms with E-state index in [1.165, 1.54) is 25.3 Å². The molecule has 19 heteroatoms. The van der Waals surface area contributed by atoms with Crippen molar-refractivity contribution < 1.29 is 72.7 Å². The van der Waals surface area contributed by atoms with Crippen molar-refractivity contribution >= 4 is 48.0 Å². The van der Waals surface area contributed by atoms with Crippen molar-refractivity contribution in [2.75, 3.05) is 20.4 Å². The third-order valence-corrected chi connectivity index (χ3v) is 9.41. The molecule has 58 heavy (non-hydrogen) atoms. The molecule has 2 unspecified atom stereocenters. The number of carboxylic acid groups (broad SMARTS) is 3. The van der Waals surface area contributed by atoms with E-state index in [1.807, 2.05) is 6.92 Å². The van der Waals surface area contributed by atoms with Gasteiger partial charge in [-0.3, -0.25) is 24.0 Å². The molecule has 0 spiro atoms. The Labute approximate surface area is 334 Å². The minimum atomic E-state index is -1.77. The van der Waals surface area contributed by atoms with Gasteiger partial charge in [-0.05, 0) is 61.9 Å². The Kier molecular flexibility index (Phi) is 17.9. The maximum Gasteiger partial charge on any atom is 0.367 e. The fourth-order valence-corrected chi connectivity index (χ4v) is 6.47. The second-order valence-electron chi connectivity index (χ2n) is 13.4. The maximum absolute atomic E-state index is 13.6. The van der Waals surface area contributed by atoms with Crippen LogP contribution in [0.15, 0.2) is 36.4 Å². The molecule has 4 amide bonds. The molecule has 1 heterocycles. The van der Waals surface area contributed by atoms with Gasteiger partial charge in [-0.15, -0.1) is 0 Å². The number of hydrogen-bond donors (Lipinski definition) is 6. The van der Waals surface area contributed by atoms with Gasteiger partial charge in [0.2, 0.25) is 12.3 Å². The van der Waals surface area contributed by atoms with Crippen molar-refractivity contribution in [3.05, 3.63) is 58.7 Å². The average molecular weight is 815 g/mol. The standard InChI is InChI=1S/C39H50N4O15/c1-5-7-8-11-24(27(6-2)43(21-44)58-39(54)34-22(3)10-9-12-29(34)55-4)35(49)40-20-41-37(51)30-16-15-28(57-30)23-13-14-25(31(17-23)56-19-33(47)48)36(50)42-26(38(52)53)18-32(45)46/h9-10,12-14,17,21,24,26-28,30H,5-8,11,15-16,18-20H2,1-4H3,(H,40,49)(H,41,51)(H,42,50)(H,45,46)(H,47,48)(H,52,53)/t24-,26+,27-,28?,30?/m1/s1. The normalized spacial score (nSPS) is 16.1. The second kappa shape index (κ2) is 22.5. The molecule has 3 rings (SSSR count). The van der Waals surface area contributed by atoms with Crippen LogP contribution in [-0.4, -0.2) is 107 Å². The first-order valence-corrected chi connectivity index (χ1v) is 18.7. The van der Waals surface area contributed by atoms with Gasteiger partial charge in [-0.25, -0.2) is 14.4 Å². The summed E-state index contributed by atoms with van der Waals surface area (Å²) in [5.74, 6) is -8.12. The lowest BCUT2D eigenvalue weighted by atomic mass is 9.90. The van der Waals surface area contributed by atoms with Crippen molar-refractivity contribution in [1.29, 1.82) is 0 Å². The van der Waals surface area contributed by atoms with Gasteiger partial charge >= 0.3 is 23.9 Å². The zero-order valence-electron chi connectivity index (χ0n) is 32.7. The smallest absolute Gasteiger partial charge is 0.367 e. The Balaban J connectivity index is 1.68. The first-order chi connectivity index (χ1) is 27.6. The van der Waals surface area contributed by atoms with E-state index in [-0.39, 0.29) is 42.1 Å². The second-order valence-corrected chi connectivity index (χ2v) is 13.4. The summed E-state index contributed by atoms with van der Waals surface area (Å²) in [6.07, 6.45) is 1.26. The number of ether oxygens (including phenoxy) is 3. The number of benzene rings is 2. The summed E-state index contributed by atoms with van der Waals surface area (Å²) in [6.45, 7) is 4.29. The summed E-state index contributed by atoms with van der Waals surface area (Å²) in [6, 6.07) is 6.37. The van der Waals surface area contributed by atoms with Crippen molar-refractivity contribution in [2.45, 2.75) is 96.4 Å². The van der Waals surface area contributed by atoms with Gasteiger partial charge in [0, 0.05) is 0 Å². The zero-order valence-corrected chi connectivity index (χ0v) is 32.7. The first-order valence-electron chi connectivity index (χ1n) is 18.7. The number of aliphatic carboxylic acids is 3. The molecule has 0 saturated carbocycles. The Hall–Kier alpha value is -6.24. The number of rotatable bonds is 24. The summed E-state index contributed by atoms with van der Waals surface area (Å²) in [5, 5.41) is 35.7. The van der Waals surface area contributed by atoms with Gasteiger partial charge < -0.3 is 50.3 Å². The lowest BCUT2D eigenvalue weighted by Crippen LogP contribution is -2.49. The number of carbonyl (C=O) groups is 8. The van der Waals surface area contributed by atoms with Gasteiger partial charge in [0.15, 0.2) is 6.61 Å². The molecule has 19 nitrogen and oxygen atoms in total. The first kappa shape index (κ1) is 46.1. The van der Waals surface area contributed by atoms with E-state index < -0.39 is 84.8 Å². The summed E-state index contributed by atoms with van der Waals surface area (Å²) < 4.78 is 16.6. The summed E-state index contributed by atoms with van der Waals surface area (Å²) in [4.78, 5) is 105. The highest BCUT2D eigenvalue weighted by Gasteiger charge is 2.36. The number of carboxylic acids is 3. The molecule has 5 atom stereocenters. The molecule has 2 aromatic carbocycles. The highest BCUT2D eigenvalue weighted by atomic mass is 16.7. The van der Waals surface area contributed by atoms with Gasteiger partial charge in [0.05, 0.1) is 43.8 Å². The molecule has 1 aliphatic heterocycles. The molecule has 2 aromatic rings. The molecule has 1 aliphatic rings. The molecule has 6 N–H and O–H groups in total. The zero-order chi connectivity index (χ0) is 42.9. The van der Waals surface area contributed by atoms with Gasteiger partial charge in [0.25, 0.3) is 11.8 Å². The summed E-state index contributed by atoms with van der Waals surface area (Å²) in [5.41, 5.74) is 0.843. The largest absolute Gasteiger partial charge is 0.496 e. The monoisotopic (exact) mass is 814 g/mol. The number of hydrogen-bond acceptors (Lipinski definition) is 12. The predicted molar refractivity (Wildman–Crippen MR) is 201 cm³/mol. The molecule has 1 saturated heterocycles. The number of hydroxylamine groups is 2. The highest BCUT2D eigenvalue weighted by molar-refractivity contribution is 5.99. The van der Waals surface area contributed by atoms with E-state index in [0.717, 1.165) is 17.9 Å². The molecule has 0 aromatic heterocycles. The van der Waals surface area contributed by atoms with Crippen LogP contribution in [0, 0.1) is 12.8 Å². The van der Waals surface area contributed by atoms with Crippen LogP contribution in [0.2, 0.25) is 0 Å². The molecule has 0 bridgehead atoms. The number of methoxy groups -OCH3 is 1. The lowest BCUT2D eigenvalue weighted by molar-refractivity contribution is -0.171. The van der Waals surface area contributed by atoms with Crippen LogP contribution in [0.4, 0.5) is 0 Å². The third kappa shape index (κ3) is 12.9. The Morgan fingerprint density at radius 1 is 0.966 bits per heavy atom. The minimum absolute atomic E-state index is 0.134. The fourth-order valence-electron chi connectivity index (χ4n) is 6.47. The Bertz CT molecular complexity index is 1820. The lowest BCUT2D eigenvalue weighted by Gasteiger charge is -2.32. The molecule has 0 radical (unpaired) electrons. The molecular formula is C39H50N4O15. The fraction of sp³-hybridized carbons (Fsp3) is 0.487.